The van der Waals surface area contributed by atoms with Crippen LogP contribution in [0.2, 0.25) is 0 Å². The number of aliphatic hydroxyl groups is 1. The molecule has 246 valence electrons. The Morgan fingerprint density at radius 3 is 2.50 bits per heavy atom. The Morgan fingerprint density at radius 2 is 1.87 bits per heavy atom. The standard InChI is InChI=1S/C30H34FN5O9S/c1-43-25-7-9-26(10-8-25)46(41,42)35(14-16-37)15-17-44-29-19-22(21-2-4-23(31)5-3-21)18-27(45-29)30(38)33-13-12-32-28-11-6-24(20-34-28)36(39)40/h2-11,18,20,22,29,37H,12-17,19H2,1H3,(H,32,34)(H,33,38)/t22-,29+/m0/s1. The molecule has 0 radical (unpaired) electrons. The molecular formula is C30H34FN5O9S. The summed E-state index contributed by atoms with van der Waals surface area (Å²) in [6, 6.07) is 14.4. The number of hydrogen-bond acceptors (Lipinski definition) is 11. The lowest BCUT2D eigenvalue weighted by Gasteiger charge is -2.30. The van der Waals surface area contributed by atoms with Crippen LogP contribution in [-0.2, 0) is 24.3 Å². The molecule has 2 aromatic carbocycles. The van der Waals surface area contributed by atoms with Gasteiger partial charge in [-0.25, -0.2) is 17.8 Å². The number of carbonyl (C=O) groups excluding carboxylic acids is 1. The van der Waals surface area contributed by atoms with Crippen molar-refractivity contribution >= 4 is 27.4 Å². The Kier molecular flexibility index (Phi) is 12.0. The maximum atomic E-state index is 13.6. The highest BCUT2D eigenvalue weighted by Crippen LogP contribution is 2.32. The number of ether oxygens (including phenoxy) is 3. The zero-order valence-corrected chi connectivity index (χ0v) is 25.7. The van der Waals surface area contributed by atoms with Crippen LogP contribution >= 0.6 is 0 Å². The summed E-state index contributed by atoms with van der Waals surface area (Å²) in [4.78, 5) is 27.3. The van der Waals surface area contributed by atoms with Crippen molar-refractivity contribution in [3.63, 3.8) is 0 Å². The average Bonchev–Trinajstić information content (AvgIpc) is 3.06. The van der Waals surface area contributed by atoms with E-state index in [9.17, 15) is 32.8 Å². The van der Waals surface area contributed by atoms with Crippen molar-refractivity contribution in [2.75, 3.05) is 51.8 Å². The first-order chi connectivity index (χ1) is 22.1. The van der Waals surface area contributed by atoms with Gasteiger partial charge in [0.15, 0.2) is 5.76 Å². The normalized spacial score (nSPS) is 16.3. The van der Waals surface area contributed by atoms with Gasteiger partial charge in [-0.15, -0.1) is 0 Å². The lowest BCUT2D eigenvalue weighted by molar-refractivity contribution is -0.385. The van der Waals surface area contributed by atoms with E-state index in [-0.39, 0.29) is 61.5 Å². The highest BCUT2D eigenvalue weighted by molar-refractivity contribution is 7.89. The predicted octanol–water partition coefficient (Wildman–Crippen LogP) is 2.78. The fourth-order valence-electron chi connectivity index (χ4n) is 4.56. The molecule has 0 saturated heterocycles. The highest BCUT2D eigenvalue weighted by atomic mass is 32.2. The smallest absolute Gasteiger partial charge is 0.287 e. The topological polar surface area (TPSA) is 182 Å². The number of nitrogens with zero attached hydrogens (tertiary/aromatic N) is 3. The van der Waals surface area contributed by atoms with E-state index in [1.54, 1.807) is 18.2 Å². The summed E-state index contributed by atoms with van der Waals surface area (Å²) in [6.45, 7) is -0.387. The summed E-state index contributed by atoms with van der Waals surface area (Å²) in [5.41, 5.74) is 0.575. The summed E-state index contributed by atoms with van der Waals surface area (Å²) in [7, 11) is -2.50. The Labute approximate surface area is 265 Å². The molecule has 16 heteroatoms. The summed E-state index contributed by atoms with van der Waals surface area (Å²) in [5.74, 6) is -0.476. The van der Waals surface area contributed by atoms with Crippen molar-refractivity contribution in [2.45, 2.75) is 23.5 Å². The van der Waals surface area contributed by atoms with Crippen molar-refractivity contribution in [1.29, 1.82) is 0 Å². The Bertz CT molecular complexity index is 1610. The number of aromatic nitrogens is 1. The second kappa shape index (κ2) is 16.1. The summed E-state index contributed by atoms with van der Waals surface area (Å²) >= 11 is 0. The van der Waals surface area contributed by atoms with Gasteiger partial charge in [0.2, 0.25) is 16.3 Å². The van der Waals surface area contributed by atoms with Gasteiger partial charge in [-0.1, -0.05) is 12.1 Å². The number of amides is 1. The van der Waals surface area contributed by atoms with Crippen molar-refractivity contribution in [1.82, 2.24) is 14.6 Å². The van der Waals surface area contributed by atoms with E-state index in [1.807, 2.05) is 0 Å². The van der Waals surface area contributed by atoms with Crippen LogP contribution in [0.4, 0.5) is 15.9 Å². The van der Waals surface area contributed by atoms with Crippen LogP contribution in [0.25, 0.3) is 0 Å². The second-order valence-electron chi connectivity index (χ2n) is 9.99. The fourth-order valence-corrected chi connectivity index (χ4v) is 5.97. The molecule has 46 heavy (non-hydrogen) atoms. The van der Waals surface area contributed by atoms with Crippen LogP contribution in [0.1, 0.15) is 17.9 Å². The van der Waals surface area contributed by atoms with Crippen LogP contribution in [0.3, 0.4) is 0 Å². The molecule has 0 fully saturated rings. The number of pyridine rings is 1. The first-order valence-corrected chi connectivity index (χ1v) is 15.7. The molecule has 1 amide bonds. The van der Waals surface area contributed by atoms with Crippen LogP contribution in [0, 0.1) is 15.9 Å². The van der Waals surface area contributed by atoms with Crippen molar-refractivity contribution < 1.29 is 41.8 Å². The fraction of sp³-hybridized carbons (Fsp3) is 0.333. The minimum absolute atomic E-state index is 0.0211. The van der Waals surface area contributed by atoms with E-state index in [0.717, 1.165) is 16.1 Å². The van der Waals surface area contributed by atoms with E-state index in [0.29, 0.717) is 11.6 Å². The third-order valence-electron chi connectivity index (χ3n) is 6.95. The Hall–Kier alpha value is -4.64. The van der Waals surface area contributed by atoms with E-state index >= 15 is 0 Å². The number of nitro groups is 1. The van der Waals surface area contributed by atoms with Crippen LogP contribution in [0.5, 0.6) is 5.75 Å². The Morgan fingerprint density at radius 1 is 1.13 bits per heavy atom. The van der Waals surface area contributed by atoms with Crippen molar-refractivity contribution in [3.8, 4) is 5.75 Å². The number of carbonyl (C=O) groups is 1. The molecule has 14 nitrogen and oxygen atoms in total. The van der Waals surface area contributed by atoms with Gasteiger partial charge in [-0.3, -0.25) is 14.9 Å². The molecule has 4 rings (SSSR count). The highest BCUT2D eigenvalue weighted by Gasteiger charge is 2.30. The number of nitrogens with one attached hydrogen (secondary N) is 2. The third-order valence-corrected chi connectivity index (χ3v) is 8.86. The summed E-state index contributed by atoms with van der Waals surface area (Å²) in [6.07, 6.45) is 2.05. The molecular weight excluding hydrogens is 625 g/mol. The monoisotopic (exact) mass is 659 g/mol. The largest absolute Gasteiger partial charge is 0.497 e. The molecule has 1 aliphatic rings. The minimum Gasteiger partial charge on any atom is -0.497 e. The zero-order valence-electron chi connectivity index (χ0n) is 24.9. The minimum atomic E-state index is -3.97. The molecule has 0 aliphatic carbocycles. The molecule has 3 aromatic rings. The lowest BCUT2D eigenvalue weighted by atomic mass is 9.93. The molecule has 0 unspecified atom stereocenters. The molecule has 2 heterocycles. The van der Waals surface area contributed by atoms with Gasteiger partial charge in [0, 0.05) is 44.6 Å². The number of benzene rings is 2. The van der Waals surface area contributed by atoms with Gasteiger partial charge < -0.3 is 30.0 Å². The maximum Gasteiger partial charge on any atom is 0.287 e. The predicted molar refractivity (Wildman–Crippen MR) is 164 cm³/mol. The molecule has 1 aromatic heterocycles. The van der Waals surface area contributed by atoms with Gasteiger partial charge in [0.05, 0.1) is 30.1 Å². The third kappa shape index (κ3) is 9.20. The van der Waals surface area contributed by atoms with Gasteiger partial charge in [0.25, 0.3) is 11.6 Å². The van der Waals surface area contributed by atoms with Crippen LogP contribution in [-0.4, -0.2) is 86.4 Å². The molecule has 1 aliphatic heterocycles. The van der Waals surface area contributed by atoms with E-state index in [2.05, 4.69) is 15.6 Å². The zero-order chi connectivity index (χ0) is 33.1. The van der Waals surface area contributed by atoms with Crippen molar-refractivity contribution in [3.05, 3.63) is 100 Å². The van der Waals surface area contributed by atoms with Gasteiger partial charge in [0.1, 0.15) is 23.6 Å². The van der Waals surface area contributed by atoms with E-state index < -0.39 is 39.6 Å². The van der Waals surface area contributed by atoms with Gasteiger partial charge >= 0.3 is 0 Å². The second-order valence-corrected chi connectivity index (χ2v) is 11.9. The number of hydrogen-bond donors (Lipinski definition) is 3. The maximum absolute atomic E-state index is 13.6. The van der Waals surface area contributed by atoms with Crippen LogP contribution in [0.15, 0.2) is 83.6 Å². The molecule has 0 saturated carbocycles. The molecule has 2 atom stereocenters. The first-order valence-electron chi connectivity index (χ1n) is 14.2. The van der Waals surface area contributed by atoms with Crippen LogP contribution < -0.4 is 15.4 Å². The van der Waals surface area contributed by atoms with Gasteiger partial charge in [-0.05, 0) is 54.1 Å². The quantitative estimate of drug-likeness (QED) is 0.117. The summed E-state index contributed by atoms with van der Waals surface area (Å²) < 4.78 is 58.0. The number of aliphatic hydroxyl groups excluding tert-OH is 1. The Balaban J connectivity index is 1.38. The molecule has 3 N–H and O–H groups in total. The number of rotatable bonds is 16. The van der Waals surface area contributed by atoms with Crippen molar-refractivity contribution in [2.24, 2.45) is 0 Å². The summed E-state index contributed by atoms with van der Waals surface area (Å²) in [5, 5.41) is 26.0. The number of halogens is 1. The van der Waals surface area contributed by atoms with Gasteiger partial charge in [-0.2, -0.15) is 4.31 Å². The SMILES string of the molecule is COc1ccc(S(=O)(=O)N(CCO)CCO[C@H]2C[C@@H](c3ccc(F)cc3)C=C(C(=O)NCCNc3ccc([N+](=O)[O-])cn3)O2)cc1. The lowest BCUT2D eigenvalue weighted by Crippen LogP contribution is -2.38. The number of anilines is 1. The average molecular weight is 660 g/mol. The van der Waals surface area contributed by atoms with E-state index in [1.165, 1.54) is 55.6 Å². The van der Waals surface area contributed by atoms with E-state index in [4.69, 9.17) is 14.2 Å². The number of allylic oxidation sites excluding steroid dienone is 1. The molecule has 0 spiro atoms. The number of sulfonamides is 1. The number of methoxy groups -OCH3 is 1. The molecule has 0 bridgehead atoms. The first kappa shape index (κ1) is 34.2.